The molecule has 26 heavy (non-hydrogen) atoms. The van der Waals surface area contributed by atoms with Crippen molar-refractivity contribution >= 4 is 18.7 Å². The quantitative estimate of drug-likeness (QED) is 0.700. The van der Waals surface area contributed by atoms with Crippen molar-refractivity contribution in [3.8, 4) is 5.75 Å². The number of benzene rings is 2. The number of aromatic nitrogens is 1. The zero-order valence-corrected chi connectivity index (χ0v) is 16.5. The molecule has 0 radical (unpaired) electrons. The van der Waals surface area contributed by atoms with E-state index in [9.17, 15) is 5.11 Å². The molecule has 0 saturated carbocycles. The van der Waals surface area contributed by atoms with E-state index in [0.29, 0.717) is 5.69 Å². The van der Waals surface area contributed by atoms with Crippen LogP contribution in [0.15, 0.2) is 79.0 Å². The van der Waals surface area contributed by atoms with Crippen LogP contribution in [-0.4, -0.2) is 18.4 Å². The number of pyridine rings is 1. The molecule has 0 unspecified atom stereocenters. The third kappa shape index (κ3) is 3.43. The molecular weight excluding hydrogens is 338 g/mol. The van der Waals surface area contributed by atoms with Gasteiger partial charge in [-0.2, -0.15) is 0 Å². The summed E-state index contributed by atoms with van der Waals surface area (Å²) >= 11 is 0. The van der Waals surface area contributed by atoms with Crippen LogP contribution in [0.25, 0.3) is 0 Å². The molecule has 0 saturated heterocycles. The van der Waals surface area contributed by atoms with Gasteiger partial charge in [0.25, 0.3) is 8.32 Å². The van der Waals surface area contributed by atoms with E-state index in [-0.39, 0.29) is 17.4 Å². The van der Waals surface area contributed by atoms with Gasteiger partial charge in [0.2, 0.25) is 0 Å². The highest BCUT2D eigenvalue weighted by atomic mass is 28.4. The maximum absolute atomic E-state index is 10.1. The summed E-state index contributed by atoms with van der Waals surface area (Å²) in [6.45, 7) is 6.98. The number of rotatable bonds is 5. The monoisotopic (exact) mass is 363 g/mol. The number of nitrogens with zero attached hydrogens (tertiary/aromatic N) is 1. The third-order valence-electron chi connectivity index (χ3n) is 4.71. The molecule has 0 fully saturated rings. The van der Waals surface area contributed by atoms with Crippen LogP contribution in [0.4, 0.5) is 0 Å². The van der Waals surface area contributed by atoms with E-state index in [0.717, 1.165) is 0 Å². The Morgan fingerprint density at radius 3 is 1.85 bits per heavy atom. The Balaban J connectivity index is 2.13. The van der Waals surface area contributed by atoms with Crippen molar-refractivity contribution in [1.82, 2.24) is 4.98 Å². The van der Waals surface area contributed by atoms with Gasteiger partial charge >= 0.3 is 0 Å². The molecule has 4 heteroatoms. The second-order valence-electron chi connectivity index (χ2n) is 7.42. The predicted molar refractivity (Wildman–Crippen MR) is 108 cm³/mol. The number of hydrogen-bond donors (Lipinski definition) is 1. The lowest BCUT2D eigenvalue weighted by Gasteiger charge is -2.43. The molecule has 0 aliphatic carbocycles. The van der Waals surface area contributed by atoms with Crippen molar-refractivity contribution in [3.05, 3.63) is 84.7 Å². The van der Waals surface area contributed by atoms with Gasteiger partial charge in [0.15, 0.2) is 0 Å². The van der Waals surface area contributed by atoms with Crippen molar-refractivity contribution in [2.45, 2.75) is 32.4 Å². The minimum absolute atomic E-state index is 0.0971. The minimum Gasteiger partial charge on any atom is -0.506 e. The van der Waals surface area contributed by atoms with Crippen LogP contribution in [0.1, 0.15) is 26.5 Å². The Morgan fingerprint density at radius 1 is 0.846 bits per heavy atom. The van der Waals surface area contributed by atoms with E-state index in [1.165, 1.54) is 10.4 Å². The smallest absolute Gasteiger partial charge is 0.261 e. The van der Waals surface area contributed by atoms with Crippen LogP contribution in [0.2, 0.25) is 5.04 Å². The zero-order chi connectivity index (χ0) is 18.6. The Morgan fingerprint density at radius 2 is 1.38 bits per heavy atom. The molecule has 1 N–H and O–H groups in total. The van der Waals surface area contributed by atoms with Crippen LogP contribution in [0.5, 0.6) is 5.75 Å². The van der Waals surface area contributed by atoms with E-state index in [2.05, 4.69) is 74.3 Å². The maximum atomic E-state index is 10.1. The van der Waals surface area contributed by atoms with E-state index in [1.807, 2.05) is 12.1 Å². The summed E-state index contributed by atoms with van der Waals surface area (Å²) in [6, 6.07) is 24.3. The Hall–Kier alpha value is -2.43. The average molecular weight is 364 g/mol. The molecule has 0 aliphatic heterocycles. The van der Waals surface area contributed by atoms with Crippen molar-refractivity contribution in [1.29, 1.82) is 0 Å². The molecule has 0 aliphatic rings. The van der Waals surface area contributed by atoms with Crippen LogP contribution < -0.4 is 10.4 Å². The highest BCUT2D eigenvalue weighted by Gasteiger charge is 2.50. The van der Waals surface area contributed by atoms with Gasteiger partial charge in [-0.25, -0.2) is 0 Å². The molecule has 0 amide bonds. The summed E-state index contributed by atoms with van der Waals surface area (Å²) in [5, 5.41) is 12.5. The SMILES string of the molecule is CC(C)(C)[Si](OCc1ncccc1O)(c1ccccc1)c1ccccc1. The minimum atomic E-state index is -2.61. The average Bonchev–Trinajstić information content (AvgIpc) is 2.64. The van der Waals surface area contributed by atoms with Gasteiger partial charge in [-0.1, -0.05) is 81.4 Å². The molecule has 3 aromatic rings. The Kier molecular flexibility index (Phi) is 5.25. The van der Waals surface area contributed by atoms with Gasteiger partial charge in [0.1, 0.15) is 11.4 Å². The summed E-state index contributed by atoms with van der Waals surface area (Å²) in [5.41, 5.74) is 0.570. The Labute approximate surface area is 156 Å². The second kappa shape index (κ2) is 7.44. The molecule has 2 aromatic carbocycles. The van der Waals surface area contributed by atoms with Gasteiger partial charge in [-0.05, 0) is 27.5 Å². The lowest BCUT2D eigenvalue weighted by atomic mass is 10.2. The number of hydrogen-bond acceptors (Lipinski definition) is 3. The lowest BCUT2D eigenvalue weighted by Crippen LogP contribution is -2.66. The molecule has 0 bridgehead atoms. The fourth-order valence-corrected chi connectivity index (χ4v) is 7.99. The maximum Gasteiger partial charge on any atom is 0.261 e. The van der Waals surface area contributed by atoms with Gasteiger partial charge in [0, 0.05) is 6.20 Å². The molecule has 134 valence electrons. The first-order valence-corrected chi connectivity index (χ1v) is 10.7. The molecule has 0 spiro atoms. The first-order valence-electron chi connectivity index (χ1n) is 8.83. The van der Waals surface area contributed by atoms with Gasteiger partial charge in [-0.15, -0.1) is 0 Å². The first kappa shape index (κ1) is 18.4. The van der Waals surface area contributed by atoms with Gasteiger partial charge in [0.05, 0.1) is 6.61 Å². The molecule has 3 rings (SSSR count). The van der Waals surface area contributed by atoms with Gasteiger partial charge in [-0.3, -0.25) is 4.98 Å². The third-order valence-corrected chi connectivity index (χ3v) is 9.69. The van der Waals surface area contributed by atoms with E-state index in [1.54, 1.807) is 18.3 Å². The summed E-state index contributed by atoms with van der Waals surface area (Å²) < 4.78 is 6.75. The summed E-state index contributed by atoms with van der Waals surface area (Å²) in [5.74, 6) is 0.172. The zero-order valence-electron chi connectivity index (χ0n) is 15.5. The van der Waals surface area contributed by atoms with Crippen LogP contribution >= 0.6 is 0 Å². The first-order chi connectivity index (χ1) is 12.4. The summed E-state index contributed by atoms with van der Waals surface area (Å²) in [4.78, 5) is 4.30. The lowest BCUT2D eigenvalue weighted by molar-refractivity contribution is 0.275. The van der Waals surface area contributed by atoms with Gasteiger partial charge < -0.3 is 9.53 Å². The number of aromatic hydroxyl groups is 1. The largest absolute Gasteiger partial charge is 0.506 e. The predicted octanol–water partition coefficient (Wildman–Crippen LogP) is 3.86. The van der Waals surface area contributed by atoms with Crippen molar-refractivity contribution in [2.75, 3.05) is 0 Å². The van der Waals surface area contributed by atoms with Crippen LogP contribution in [0.3, 0.4) is 0 Å². The highest BCUT2D eigenvalue weighted by molar-refractivity contribution is 6.99. The fourth-order valence-electron chi connectivity index (χ4n) is 3.48. The summed E-state index contributed by atoms with van der Waals surface area (Å²) in [6.07, 6.45) is 1.68. The molecular formula is C22H25NO2Si. The van der Waals surface area contributed by atoms with Crippen molar-refractivity contribution in [2.24, 2.45) is 0 Å². The Bertz CT molecular complexity index is 805. The summed E-state index contributed by atoms with van der Waals surface area (Å²) in [7, 11) is -2.61. The normalized spacial score (nSPS) is 12.1. The van der Waals surface area contributed by atoms with Crippen LogP contribution in [0, 0.1) is 0 Å². The van der Waals surface area contributed by atoms with E-state index >= 15 is 0 Å². The molecule has 3 nitrogen and oxygen atoms in total. The molecule has 1 heterocycles. The van der Waals surface area contributed by atoms with Crippen LogP contribution in [-0.2, 0) is 11.0 Å². The van der Waals surface area contributed by atoms with E-state index < -0.39 is 8.32 Å². The van der Waals surface area contributed by atoms with Crippen molar-refractivity contribution < 1.29 is 9.53 Å². The standard InChI is InChI=1S/C22H25NO2Si/c1-22(2,3)26(18-11-6-4-7-12-18,19-13-8-5-9-14-19)25-17-20-21(24)15-10-16-23-20/h4-16,24H,17H2,1-3H3. The molecule has 1 aromatic heterocycles. The topological polar surface area (TPSA) is 42.4 Å². The highest BCUT2D eigenvalue weighted by Crippen LogP contribution is 2.37. The van der Waals surface area contributed by atoms with E-state index in [4.69, 9.17) is 4.43 Å². The fraction of sp³-hybridized carbons (Fsp3) is 0.227. The van der Waals surface area contributed by atoms with Crippen molar-refractivity contribution in [3.63, 3.8) is 0 Å². The molecule has 0 atom stereocenters. The second-order valence-corrected chi connectivity index (χ2v) is 11.7.